The topological polar surface area (TPSA) is 47.3 Å². The SMILES string of the molecule is CSc1ccc2[nH]cc(CCN(C)C)c2c1F.Fc1c(OCc2ccccc2)ccc2[nH]cc(CCN3CCCC3)c12. The minimum absolute atomic E-state index is 0.0926. The average Bonchev–Trinajstić information content (AvgIpc) is 3.76. The number of likely N-dealkylation sites (N-methyl/N-ethyl adjacent to an activating group) is 1. The molecular formula is C34H40F2N4OS. The third kappa shape index (κ3) is 7.17. The summed E-state index contributed by atoms with van der Waals surface area (Å²) in [5, 5.41) is 1.42. The second-order valence-corrected chi connectivity index (χ2v) is 11.9. The van der Waals surface area contributed by atoms with Crippen molar-refractivity contribution >= 4 is 33.6 Å². The molecule has 42 heavy (non-hydrogen) atoms. The summed E-state index contributed by atoms with van der Waals surface area (Å²) >= 11 is 1.45. The van der Waals surface area contributed by atoms with Crippen molar-refractivity contribution in [2.24, 2.45) is 0 Å². The number of nitrogens with one attached hydrogen (secondary N) is 2. The number of rotatable bonds is 10. The van der Waals surface area contributed by atoms with Crippen molar-refractivity contribution in [3.63, 3.8) is 0 Å². The highest BCUT2D eigenvalue weighted by atomic mass is 32.2. The van der Waals surface area contributed by atoms with Gasteiger partial charge in [-0.1, -0.05) is 30.3 Å². The van der Waals surface area contributed by atoms with Crippen LogP contribution in [0.25, 0.3) is 21.8 Å². The average molecular weight is 591 g/mol. The Balaban J connectivity index is 0.000000181. The zero-order chi connectivity index (χ0) is 29.5. The number of hydrogen-bond donors (Lipinski definition) is 2. The largest absolute Gasteiger partial charge is 0.486 e. The molecule has 0 amide bonds. The minimum Gasteiger partial charge on any atom is -0.486 e. The molecule has 2 N–H and O–H groups in total. The van der Waals surface area contributed by atoms with Crippen molar-refractivity contribution in [1.82, 2.24) is 19.8 Å². The summed E-state index contributed by atoms with van der Waals surface area (Å²) in [6.07, 6.45) is 10.0. The maximum absolute atomic E-state index is 15.0. The Morgan fingerprint density at radius 1 is 0.833 bits per heavy atom. The molecule has 0 atom stereocenters. The van der Waals surface area contributed by atoms with Gasteiger partial charge in [0.25, 0.3) is 0 Å². The predicted octanol–water partition coefficient (Wildman–Crippen LogP) is 7.66. The zero-order valence-electron chi connectivity index (χ0n) is 24.7. The Kier molecular flexibility index (Phi) is 10.2. The molecule has 0 spiro atoms. The first kappa shape index (κ1) is 30.1. The Bertz CT molecular complexity index is 1590. The minimum atomic E-state index is -0.258. The van der Waals surface area contributed by atoms with Crippen LogP contribution in [0.1, 0.15) is 29.5 Å². The zero-order valence-corrected chi connectivity index (χ0v) is 25.5. The van der Waals surface area contributed by atoms with Crippen LogP contribution in [0.5, 0.6) is 5.75 Å². The van der Waals surface area contributed by atoms with Crippen molar-refractivity contribution in [3.8, 4) is 5.75 Å². The van der Waals surface area contributed by atoms with Crippen LogP contribution in [-0.2, 0) is 19.4 Å². The molecular weight excluding hydrogens is 550 g/mol. The molecule has 1 aliphatic rings. The lowest BCUT2D eigenvalue weighted by Crippen LogP contribution is -2.21. The van der Waals surface area contributed by atoms with E-state index in [0.29, 0.717) is 22.6 Å². The van der Waals surface area contributed by atoms with Gasteiger partial charge < -0.3 is 24.5 Å². The normalized spacial score (nSPS) is 13.7. The van der Waals surface area contributed by atoms with E-state index in [-0.39, 0.29) is 11.6 Å². The molecule has 0 bridgehead atoms. The first-order valence-corrected chi connectivity index (χ1v) is 15.8. The van der Waals surface area contributed by atoms with Gasteiger partial charge in [-0.3, -0.25) is 0 Å². The Morgan fingerprint density at radius 2 is 1.48 bits per heavy atom. The number of thioether (sulfide) groups is 1. The van der Waals surface area contributed by atoms with Crippen LogP contribution >= 0.6 is 11.8 Å². The molecule has 1 fully saturated rings. The van der Waals surface area contributed by atoms with E-state index in [1.807, 2.05) is 81.3 Å². The fourth-order valence-corrected chi connectivity index (χ4v) is 5.97. The van der Waals surface area contributed by atoms with Crippen molar-refractivity contribution in [1.29, 1.82) is 0 Å². The fraction of sp³-hybridized carbons (Fsp3) is 0.353. The monoisotopic (exact) mass is 590 g/mol. The Hall–Kier alpha value is -3.33. The number of nitrogens with zero attached hydrogens (tertiary/aromatic N) is 2. The lowest BCUT2D eigenvalue weighted by molar-refractivity contribution is 0.291. The van der Waals surface area contributed by atoms with Crippen molar-refractivity contribution in [3.05, 3.63) is 95.3 Å². The molecule has 2 aromatic heterocycles. The van der Waals surface area contributed by atoms with Crippen LogP contribution in [0.3, 0.4) is 0 Å². The van der Waals surface area contributed by atoms with Gasteiger partial charge in [-0.2, -0.15) is 0 Å². The van der Waals surface area contributed by atoms with Crippen LogP contribution in [0, 0.1) is 11.6 Å². The summed E-state index contributed by atoms with van der Waals surface area (Å²) in [6, 6.07) is 17.2. The molecule has 0 radical (unpaired) electrons. The van der Waals surface area contributed by atoms with Gasteiger partial charge in [-0.15, -0.1) is 11.8 Å². The summed E-state index contributed by atoms with van der Waals surface area (Å²) in [4.78, 5) is 11.6. The number of aromatic nitrogens is 2. The van der Waals surface area contributed by atoms with E-state index in [9.17, 15) is 4.39 Å². The van der Waals surface area contributed by atoms with Gasteiger partial charge in [0.2, 0.25) is 0 Å². The van der Waals surface area contributed by atoms with E-state index < -0.39 is 0 Å². The third-order valence-corrected chi connectivity index (χ3v) is 8.60. The third-order valence-electron chi connectivity index (χ3n) is 7.84. The van der Waals surface area contributed by atoms with E-state index in [1.165, 1.54) is 24.6 Å². The van der Waals surface area contributed by atoms with Crippen LogP contribution in [0.4, 0.5) is 8.78 Å². The molecule has 222 valence electrons. The standard InChI is InChI=1S/C21H23FN2O.C13H17FN2S/c22-21-19(25-15-16-6-2-1-3-7-16)9-8-18-20(21)17(14-23-18)10-13-24-11-4-5-12-24;1-16(2)7-6-9-8-15-10-4-5-11(17-3)13(14)12(9)10/h1-3,6-9,14,23H,4-5,10-13,15H2;4-5,8,15H,6-7H2,1-3H3. The van der Waals surface area contributed by atoms with E-state index in [0.717, 1.165) is 72.1 Å². The highest BCUT2D eigenvalue weighted by Crippen LogP contribution is 2.31. The van der Waals surface area contributed by atoms with E-state index in [4.69, 9.17) is 4.74 Å². The van der Waals surface area contributed by atoms with E-state index in [1.54, 1.807) is 6.07 Å². The second-order valence-electron chi connectivity index (χ2n) is 11.1. The van der Waals surface area contributed by atoms with Gasteiger partial charge in [0.1, 0.15) is 12.4 Å². The maximum Gasteiger partial charge on any atom is 0.174 e. The van der Waals surface area contributed by atoms with Crippen LogP contribution in [0.2, 0.25) is 0 Å². The fourth-order valence-electron chi connectivity index (χ4n) is 5.48. The van der Waals surface area contributed by atoms with Gasteiger partial charge in [0, 0.05) is 52.2 Å². The van der Waals surface area contributed by atoms with Crippen molar-refractivity contribution in [2.75, 3.05) is 46.5 Å². The van der Waals surface area contributed by atoms with Crippen LogP contribution in [-0.4, -0.2) is 66.3 Å². The number of halogens is 2. The number of H-pyrrole nitrogens is 2. The predicted molar refractivity (Wildman–Crippen MR) is 171 cm³/mol. The highest BCUT2D eigenvalue weighted by molar-refractivity contribution is 7.98. The molecule has 3 heterocycles. The first-order valence-electron chi connectivity index (χ1n) is 14.6. The number of fused-ring (bicyclic) bond motifs is 2. The lowest BCUT2D eigenvalue weighted by atomic mass is 10.1. The summed E-state index contributed by atoms with van der Waals surface area (Å²) in [6.45, 7) is 4.61. The molecule has 0 unspecified atom stereocenters. The molecule has 6 rings (SSSR count). The first-order chi connectivity index (χ1) is 20.4. The smallest absolute Gasteiger partial charge is 0.174 e. The van der Waals surface area contributed by atoms with Crippen LogP contribution < -0.4 is 4.74 Å². The molecule has 1 aliphatic heterocycles. The Labute approximate surface area is 251 Å². The van der Waals surface area contributed by atoms with Gasteiger partial charge in [-0.25, -0.2) is 8.78 Å². The molecule has 3 aromatic carbocycles. The summed E-state index contributed by atoms with van der Waals surface area (Å²) in [5.74, 6) is -0.0329. The highest BCUT2D eigenvalue weighted by Gasteiger charge is 2.17. The summed E-state index contributed by atoms with van der Waals surface area (Å²) in [7, 11) is 4.05. The molecule has 5 nitrogen and oxygen atoms in total. The molecule has 5 aromatic rings. The van der Waals surface area contributed by atoms with Gasteiger partial charge in [0.15, 0.2) is 11.6 Å². The summed E-state index contributed by atoms with van der Waals surface area (Å²) in [5.41, 5.74) is 4.84. The summed E-state index contributed by atoms with van der Waals surface area (Å²) < 4.78 is 35.0. The molecule has 8 heteroatoms. The quantitative estimate of drug-likeness (QED) is 0.164. The van der Waals surface area contributed by atoms with Gasteiger partial charge in [0.05, 0.1) is 0 Å². The van der Waals surface area contributed by atoms with E-state index in [2.05, 4.69) is 19.8 Å². The van der Waals surface area contributed by atoms with E-state index >= 15 is 4.39 Å². The van der Waals surface area contributed by atoms with Crippen molar-refractivity contribution in [2.45, 2.75) is 37.2 Å². The lowest BCUT2D eigenvalue weighted by Gasteiger charge is -2.14. The number of ether oxygens (including phenoxy) is 1. The van der Waals surface area contributed by atoms with Crippen LogP contribution in [0.15, 0.2) is 71.9 Å². The molecule has 1 saturated heterocycles. The van der Waals surface area contributed by atoms with Crippen molar-refractivity contribution < 1.29 is 13.5 Å². The number of aromatic amines is 2. The number of likely N-dealkylation sites (tertiary alicyclic amines) is 1. The second kappa shape index (κ2) is 14.2. The maximum atomic E-state index is 15.0. The van der Waals surface area contributed by atoms with Gasteiger partial charge >= 0.3 is 0 Å². The molecule has 0 saturated carbocycles. The Morgan fingerprint density at radius 3 is 2.14 bits per heavy atom. The number of hydrogen-bond acceptors (Lipinski definition) is 4. The van der Waals surface area contributed by atoms with Gasteiger partial charge in [-0.05, 0) is 100 Å². The molecule has 0 aliphatic carbocycles. The number of benzene rings is 3.